The average Bonchev–Trinajstić information content (AvgIpc) is 2.70. The van der Waals surface area contributed by atoms with Gasteiger partial charge < -0.3 is 15.4 Å². The molecule has 0 radical (unpaired) electrons. The zero-order valence-corrected chi connectivity index (χ0v) is 17.7. The Labute approximate surface area is 171 Å². The molecule has 1 unspecified atom stereocenters. The number of benzene rings is 1. The fourth-order valence-electron chi connectivity index (χ4n) is 3.25. The molecule has 1 atom stereocenters. The molecular weight excluding hydrogens is 390 g/mol. The molecule has 0 bridgehead atoms. The van der Waals surface area contributed by atoms with E-state index in [2.05, 4.69) is 39.2 Å². The number of hydrogen-bond acceptors (Lipinski definition) is 5. The molecule has 3 rings (SSSR count). The Morgan fingerprint density at radius 1 is 1.24 bits per heavy atom. The summed E-state index contributed by atoms with van der Waals surface area (Å²) in [6.45, 7) is 4.71. The van der Waals surface area contributed by atoms with Gasteiger partial charge in [-0.2, -0.15) is 0 Å². The highest BCUT2D eigenvalue weighted by Crippen LogP contribution is 2.39. The van der Waals surface area contributed by atoms with Crippen molar-refractivity contribution in [2.45, 2.75) is 36.8 Å². The maximum atomic E-state index is 12.2. The molecule has 0 amide bonds. The van der Waals surface area contributed by atoms with E-state index in [9.17, 15) is 8.42 Å². The van der Waals surface area contributed by atoms with Gasteiger partial charge in [-0.1, -0.05) is 18.2 Å². The second kappa shape index (κ2) is 8.79. The normalized spacial score (nSPS) is 18.4. The highest BCUT2D eigenvalue weighted by molar-refractivity contribution is 7.89. The minimum atomic E-state index is -3.58. The van der Waals surface area contributed by atoms with Gasteiger partial charge in [0.05, 0.1) is 6.04 Å². The van der Waals surface area contributed by atoms with E-state index in [4.69, 9.17) is 4.74 Å². The fraction of sp³-hybridized carbons (Fsp3) is 0.400. The zero-order chi connectivity index (χ0) is 20.9. The van der Waals surface area contributed by atoms with E-state index in [1.54, 1.807) is 13.1 Å². The fourth-order valence-corrected chi connectivity index (χ4v) is 4.24. The summed E-state index contributed by atoms with van der Waals surface area (Å²) in [6, 6.07) is 11.1. The van der Waals surface area contributed by atoms with Crippen LogP contribution in [0.4, 0.5) is 0 Å². The summed E-state index contributed by atoms with van der Waals surface area (Å²) >= 11 is 0. The molecule has 1 aromatic heterocycles. The summed E-state index contributed by atoms with van der Waals surface area (Å²) in [5, 5.41) is 6.57. The minimum absolute atomic E-state index is 0.0354. The first-order valence-electron chi connectivity index (χ1n) is 9.45. The number of ether oxygens (including phenoxy) is 1. The predicted molar refractivity (Wildman–Crippen MR) is 112 cm³/mol. The van der Waals surface area contributed by atoms with Crippen LogP contribution in [-0.4, -0.2) is 45.1 Å². The number of para-hydroxylation sites is 1. The Balaban J connectivity index is 1.56. The van der Waals surface area contributed by atoms with Crippen molar-refractivity contribution in [3.63, 3.8) is 0 Å². The lowest BCUT2D eigenvalue weighted by atomic mass is 9.90. The van der Waals surface area contributed by atoms with Crippen LogP contribution in [-0.2, 0) is 10.0 Å². The summed E-state index contributed by atoms with van der Waals surface area (Å²) in [4.78, 5) is 8.25. The van der Waals surface area contributed by atoms with Gasteiger partial charge in [-0.3, -0.25) is 9.98 Å². The SMILES string of the molecule is CN=C(NCCNS(=O)(=O)c1cccnc1)NC1CC(C)(C)Oc2ccccc21. The lowest BCUT2D eigenvalue weighted by Gasteiger charge is -2.38. The maximum absolute atomic E-state index is 12.2. The molecule has 29 heavy (non-hydrogen) atoms. The molecule has 0 aliphatic carbocycles. The van der Waals surface area contributed by atoms with E-state index in [0.29, 0.717) is 12.5 Å². The topological polar surface area (TPSA) is 105 Å². The number of rotatable bonds is 6. The Morgan fingerprint density at radius 3 is 2.76 bits per heavy atom. The summed E-state index contributed by atoms with van der Waals surface area (Å²) in [7, 11) is -1.89. The van der Waals surface area contributed by atoms with Gasteiger partial charge in [0, 0.05) is 44.5 Å². The molecule has 156 valence electrons. The molecule has 2 aromatic rings. The molecule has 9 heteroatoms. The third-order valence-electron chi connectivity index (χ3n) is 4.57. The van der Waals surface area contributed by atoms with E-state index in [1.807, 2.05) is 24.3 Å². The largest absolute Gasteiger partial charge is 0.487 e. The van der Waals surface area contributed by atoms with Crippen molar-refractivity contribution >= 4 is 16.0 Å². The monoisotopic (exact) mass is 417 g/mol. The third-order valence-corrected chi connectivity index (χ3v) is 6.01. The Morgan fingerprint density at radius 2 is 2.03 bits per heavy atom. The number of hydrogen-bond donors (Lipinski definition) is 3. The second-order valence-corrected chi connectivity index (χ2v) is 9.15. The molecule has 1 aromatic carbocycles. The van der Waals surface area contributed by atoms with Gasteiger partial charge in [-0.05, 0) is 32.0 Å². The van der Waals surface area contributed by atoms with Crippen LogP contribution in [0.5, 0.6) is 5.75 Å². The number of nitrogens with zero attached hydrogens (tertiary/aromatic N) is 2. The molecule has 2 heterocycles. The number of sulfonamides is 1. The number of aromatic nitrogens is 1. The zero-order valence-electron chi connectivity index (χ0n) is 16.8. The van der Waals surface area contributed by atoms with Crippen LogP contribution in [0.1, 0.15) is 31.9 Å². The minimum Gasteiger partial charge on any atom is -0.487 e. The molecule has 0 saturated carbocycles. The van der Waals surface area contributed by atoms with E-state index in [1.165, 1.54) is 18.5 Å². The van der Waals surface area contributed by atoms with Crippen molar-refractivity contribution in [1.29, 1.82) is 0 Å². The predicted octanol–water partition coefficient (Wildman–Crippen LogP) is 1.83. The summed E-state index contributed by atoms with van der Waals surface area (Å²) < 4.78 is 33.1. The van der Waals surface area contributed by atoms with E-state index in [-0.39, 0.29) is 23.1 Å². The summed E-state index contributed by atoms with van der Waals surface area (Å²) in [5.41, 5.74) is 0.775. The quantitative estimate of drug-likeness (QED) is 0.376. The van der Waals surface area contributed by atoms with E-state index in [0.717, 1.165) is 17.7 Å². The van der Waals surface area contributed by atoms with Gasteiger partial charge in [0.15, 0.2) is 5.96 Å². The van der Waals surface area contributed by atoms with Crippen LogP contribution in [0.3, 0.4) is 0 Å². The Hall–Kier alpha value is -2.65. The van der Waals surface area contributed by atoms with Crippen LogP contribution in [0.2, 0.25) is 0 Å². The number of fused-ring (bicyclic) bond motifs is 1. The molecule has 0 fully saturated rings. The lowest BCUT2D eigenvalue weighted by molar-refractivity contribution is 0.0694. The lowest BCUT2D eigenvalue weighted by Crippen LogP contribution is -2.46. The van der Waals surface area contributed by atoms with Gasteiger partial charge in [-0.15, -0.1) is 0 Å². The first-order valence-corrected chi connectivity index (χ1v) is 10.9. The number of guanidine groups is 1. The van der Waals surface area contributed by atoms with Crippen LogP contribution in [0.25, 0.3) is 0 Å². The smallest absolute Gasteiger partial charge is 0.242 e. The van der Waals surface area contributed by atoms with Gasteiger partial charge in [-0.25, -0.2) is 13.1 Å². The van der Waals surface area contributed by atoms with Crippen LogP contribution in [0, 0.1) is 0 Å². The van der Waals surface area contributed by atoms with Gasteiger partial charge in [0.25, 0.3) is 0 Å². The molecule has 1 aliphatic heterocycles. The molecule has 0 spiro atoms. The van der Waals surface area contributed by atoms with Crippen molar-refractivity contribution < 1.29 is 13.2 Å². The number of nitrogens with one attached hydrogen (secondary N) is 3. The van der Waals surface area contributed by atoms with Crippen molar-refractivity contribution in [1.82, 2.24) is 20.3 Å². The van der Waals surface area contributed by atoms with Crippen molar-refractivity contribution in [3.05, 3.63) is 54.4 Å². The molecular formula is C20H27N5O3S. The standard InChI is InChI=1S/C20H27N5O3S/c1-20(2)13-17(16-8-4-5-9-18(16)28-20)25-19(21-3)23-11-12-24-29(26,27)15-7-6-10-22-14-15/h4-10,14,17,24H,11-13H2,1-3H3,(H2,21,23,25). The molecule has 8 nitrogen and oxygen atoms in total. The highest BCUT2D eigenvalue weighted by Gasteiger charge is 2.33. The van der Waals surface area contributed by atoms with Crippen LogP contribution in [0.15, 0.2) is 58.7 Å². The Kier molecular flexibility index (Phi) is 6.39. The first-order chi connectivity index (χ1) is 13.8. The number of aliphatic imine (C=N–C) groups is 1. The van der Waals surface area contributed by atoms with E-state index < -0.39 is 10.0 Å². The molecule has 3 N–H and O–H groups in total. The van der Waals surface area contributed by atoms with Crippen LogP contribution < -0.4 is 20.1 Å². The Bertz CT molecular complexity index is 961. The third kappa shape index (κ3) is 5.45. The van der Waals surface area contributed by atoms with Crippen molar-refractivity contribution in [2.75, 3.05) is 20.1 Å². The first kappa shape index (κ1) is 21.1. The van der Waals surface area contributed by atoms with Crippen molar-refractivity contribution in [2.24, 2.45) is 4.99 Å². The molecule has 0 saturated heterocycles. The average molecular weight is 418 g/mol. The van der Waals surface area contributed by atoms with E-state index >= 15 is 0 Å². The highest BCUT2D eigenvalue weighted by atomic mass is 32.2. The summed E-state index contributed by atoms with van der Waals surface area (Å²) in [5.74, 6) is 1.46. The maximum Gasteiger partial charge on any atom is 0.242 e. The number of pyridine rings is 1. The van der Waals surface area contributed by atoms with Gasteiger partial charge >= 0.3 is 0 Å². The van der Waals surface area contributed by atoms with Crippen LogP contribution >= 0.6 is 0 Å². The van der Waals surface area contributed by atoms with Gasteiger partial charge in [0.1, 0.15) is 16.2 Å². The second-order valence-electron chi connectivity index (χ2n) is 7.39. The van der Waals surface area contributed by atoms with Gasteiger partial charge in [0.2, 0.25) is 10.0 Å². The van der Waals surface area contributed by atoms with Crippen molar-refractivity contribution in [3.8, 4) is 5.75 Å². The summed E-state index contributed by atoms with van der Waals surface area (Å²) in [6.07, 6.45) is 3.63. The molecule has 1 aliphatic rings.